The molecule has 19 heavy (non-hydrogen) atoms. The molecule has 5 heteroatoms. The lowest BCUT2D eigenvalue weighted by Crippen LogP contribution is -2.10. The third-order valence-electron chi connectivity index (χ3n) is 2.33. The molecule has 0 aliphatic rings. The Labute approximate surface area is 115 Å². The second-order valence-electron chi connectivity index (χ2n) is 3.67. The van der Waals surface area contributed by atoms with Gasteiger partial charge in [0.25, 0.3) is 5.91 Å². The van der Waals surface area contributed by atoms with Crippen molar-refractivity contribution in [1.82, 2.24) is 0 Å². The number of halogens is 1. The molecule has 1 amide bonds. The van der Waals surface area contributed by atoms with Crippen LogP contribution in [0.4, 0.5) is 5.69 Å². The molecule has 1 aromatic heterocycles. The Bertz CT molecular complexity index is 639. The van der Waals surface area contributed by atoms with Gasteiger partial charge < -0.3 is 15.5 Å². The van der Waals surface area contributed by atoms with Gasteiger partial charge in [0.05, 0.1) is 23.4 Å². The molecule has 1 heterocycles. The van der Waals surface area contributed by atoms with Crippen LogP contribution in [-0.4, -0.2) is 12.5 Å². The number of carbonyl (C=O) groups excluding carboxylic acids is 1. The van der Waals surface area contributed by atoms with Crippen molar-refractivity contribution in [2.45, 2.75) is 0 Å². The minimum atomic E-state index is -0.256. The third kappa shape index (κ3) is 3.38. The van der Waals surface area contributed by atoms with Crippen molar-refractivity contribution < 1.29 is 9.21 Å². The molecule has 0 saturated heterocycles. The van der Waals surface area contributed by atoms with Gasteiger partial charge in [0, 0.05) is 11.3 Å². The summed E-state index contributed by atoms with van der Waals surface area (Å²) in [4.78, 5) is 11.8. The lowest BCUT2D eigenvalue weighted by molar-refractivity contribution is 0.102. The Morgan fingerprint density at radius 2 is 2.26 bits per heavy atom. The van der Waals surface area contributed by atoms with Gasteiger partial charge in [0.15, 0.2) is 0 Å². The van der Waals surface area contributed by atoms with Crippen molar-refractivity contribution in [3.8, 4) is 11.8 Å². The van der Waals surface area contributed by atoms with Gasteiger partial charge in [-0.25, -0.2) is 0 Å². The first-order chi connectivity index (χ1) is 9.20. The summed E-state index contributed by atoms with van der Waals surface area (Å²) in [5.74, 6) is 5.31. The first kappa shape index (κ1) is 13.2. The minimum absolute atomic E-state index is 0.252. The van der Waals surface area contributed by atoms with Crippen molar-refractivity contribution >= 4 is 23.2 Å². The number of nitrogens with one attached hydrogen (secondary N) is 1. The molecule has 4 nitrogen and oxygen atoms in total. The number of anilines is 1. The fourth-order valence-corrected chi connectivity index (χ4v) is 1.61. The summed E-state index contributed by atoms with van der Waals surface area (Å²) in [5.41, 5.74) is 6.99. The Kier molecular flexibility index (Phi) is 4.24. The third-order valence-corrected chi connectivity index (χ3v) is 2.66. The predicted molar refractivity (Wildman–Crippen MR) is 74.0 cm³/mol. The topological polar surface area (TPSA) is 68.3 Å². The highest BCUT2D eigenvalue weighted by Gasteiger charge is 2.08. The molecular weight excluding hydrogens is 264 g/mol. The SMILES string of the molecule is NCC#Cc1cc(NC(=O)c2ccoc2)ccc1Cl. The van der Waals surface area contributed by atoms with Crippen LogP contribution >= 0.6 is 11.6 Å². The van der Waals surface area contributed by atoms with Crippen LogP contribution in [0.1, 0.15) is 15.9 Å². The maximum absolute atomic E-state index is 11.8. The second kappa shape index (κ2) is 6.10. The highest BCUT2D eigenvalue weighted by atomic mass is 35.5. The average Bonchev–Trinajstić information content (AvgIpc) is 2.93. The molecule has 2 aromatic rings. The van der Waals surface area contributed by atoms with Gasteiger partial charge in [-0.2, -0.15) is 0 Å². The summed E-state index contributed by atoms with van der Waals surface area (Å²) >= 11 is 6.00. The molecule has 96 valence electrons. The smallest absolute Gasteiger partial charge is 0.258 e. The molecule has 0 bridgehead atoms. The first-order valence-corrected chi connectivity index (χ1v) is 5.90. The Morgan fingerprint density at radius 1 is 1.42 bits per heavy atom. The average molecular weight is 275 g/mol. The van der Waals surface area contributed by atoms with Crippen LogP contribution in [0.25, 0.3) is 0 Å². The quantitative estimate of drug-likeness (QED) is 0.827. The maximum Gasteiger partial charge on any atom is 0.258 e. The summed E-state index contributed by atoms with van der Waals surface area (Å²) in [6.07, 6.45) is 2.81. The zero-order valence-corrected chi connectivity index (χ0v) is 10.7. The molecule has 0 radical (unpaired) electrons. The highest BCUT2D eigenvalue weighted by Crippen LogP contribution is 2.20. The molecule has 1 aromatic carbocycles. The zero-order chi connectivity index (χ0) is 13.7. The lowest BCUT2D eigenvalue weighted by Gasteiger charge is -2.05. The number of rotatable bonds is 2. The van der Waals surface area contributed by atoms with E-state index in [0.29, 0.717) is 21.8 Å². The normalized spacial score (nSPS) is 9.58. The Balaban J connectivity index is 2.19. The number of furan rings is 1. The van der Waals surface area contributed by atoms with Crippen LogP contribution in [0, 0.1) is 11.8 Å². The number of amides is 1. The highest BCUT2D eigenvalue weighted by molar-refractivity contribution is 6.31. The zero-order valence-electron chi connectivity index (χ0n) is 9.94. The monoisotopic (exact) mass is 274 g/mol. The summed E-state index contributed by atoms with van der Waals surface area (Å²) in [6, 6.07) is 6.66. The van der Waals surface area contributed by atoms with Crippen molar-refractivity contribution in [2.24, 2.45) is 5.73 Å². The van der Waals surface area contributed by atoms with E-state index < -0.39 is 0 Å². The molecule has 3 N–H and O–H groups in total. The fraction of sp³-hybridized carbons (Fsp3) is 0.0714. The number of nitrogens with two attached hydrogens (primary N) is 1. The number of hydrogen-bond acceptors (Lipinski definition) is 3. The van der Waals surface area contributed by atoms with Crippen molar-refractivity contribution in [2.75, 3.05) is 11.9 Å². The van der Waals surface area contributed by atoms with Gasteiger partial charge >= 0.3 is 0 Å². The molecule has 2 rings (SSSR count). The van der Waals surface area contributed by atoms with E-state index in [1.54, 1.807) is 24.3 Å². The van der Waals surface area contributed by atoms with E-state index in [1.165, 1.54) is 12.5 Å². The molecule has 0 saturated carbocycles. The predicted octanol–water partition coefficient (Wildman–Crippen LogP) is 2.50. The standard InChI is InChI=1S/C14H11ClN2O2/c15-13-4-3-12(8-10(13)2-1-6-16)17-14(18)11-5-7-19-9-11/h3-5,7-9H,6,16H2,(H,17,18). The van der Waals surface area contributed by atoms with Crippen molar-refractivity contribution in [3.63, 3.8) is 0 Å². The Morgan fingerprint density at radius 3 is 2.95 bits per heavy atom. The van der Waals surface area contributed by atoms with Gasteiger partial charge in [-0.05, 0) is 24.3 Å². The van der Waals surface area contributed by atoms with E-state index in [9.17, 15) is 4.79 Å². The number of hydrogen-bond donors (Lipinski definition) is 2. The summed E-state index contributed by atoms with van der Waals surface area (Å²) in [6.45, 7) is 0.252. The molecule has 0 aliphatic heterocycles. The molecule has 0 fully saturated rings. The van der Waals surface area contributed by atoms with Crippen molar-refractivity contribution in [1.29, 1.82) is 0 Å². The van der Waals surface area contributed by atoms with E-state index >= 15 is 0 Å². The molecular formula is C14H11ClN2O2. The maximum atomic E-state index is 11.8. The van der Waals surface area contributed by atoms with E-state index in [2.05, 4.69) is 17.2 Å². The van der Waals surface area contributed by atoms with Gasteiger partial charge in [-0.15, -0.1) is 0 Å². The van der Waals surface area contributed by atoms with E-state index in [0.717, 1.165) is 0 Å². The van der Waals surface area contributed by atoms with Crippen LogP contribution < -0.4 is 11.1 Å². The summed E-state index contributed by atoms with van der Waals surface area (Å²) in [5, 5.41) is 3.25. The van der Waals surface area contributed by atoms with Crippen LogP contribution in [0.3, 0.4) is 0 Å². The first-order valence-electron chi connectivity index (χ1n) is 5.53. The van der Waals surface area contributed by atoms with E-state index in [-0.39, 0.29) is 12.5 Å². The van der Waals surface area contributed by atoms with Crippen LogP contribution in [0.15, 0.2) is 41.2 Å². The van der Waals surface area contributed by atoms with E-state index in [1.807, 2.05) is 0 Å². The lowest BCUT2D eigenvalue weighted by atomic mass is 10.2. The fourth-order valence-electron chi connectivity index (χ4n) is 1.44. The molecule has 0 aliphatic carbocycles. The Hall–Kier alpha value is -2.22. The minimum Gasteiger partial charge on any atom is -0.472 e. The van der Waals surface area contributed by atoms with Gasteiger partial charge in [-0.3, -0.25) is 4.79 Å². The van der Waals surface area contributed by atoms with E-state index in [4.69, 9.17) is 21.8 Å². The number of benzene rings is 1. The van der Waals surface area contributed by atoms with Crippen LogP contribution in [0.5, 0.6) is 0 Å². The second-order valence-corrected chi connectivity index (χ2v) is 4.07. The molecule has 0 spiro atoms. The van der Waals surface area contributed by atoms with Crippen LogP contribution in [-0.2, 0) is 0 Å². The van der Waals surface area contributed by atoms with Gasteiger partial charge in [0.2, 0.25) is 0 Å². The van der Waals surface area contributed by atoms with Gasteiger partial charge in [0.1, 0.15) is 6.26 Å². The van der Waals surface area contributed by atoms with Crippen molar-refractivity contribution in [3.05, 3.63) is 52.9 Å². The van der Waals surface area contributed by atoms with Gasteiger partial charge in [-0.1, -0.05) is 23.4 Å². The molecule has 0 unspecified atom stereocenters. The number of carbonyl (C=O) groups is 1. The largest absolute Gasteiger partial charge is 0.472 e. The van der Waals surface area contributed by atoms with Crippen LogP contribution in [0.2, 0.25) is 5.02 Å². The summed E-state index contributed by atoms with van der Waals surface area (Å²) in [7, 11) is 0. The molecule has 0 atom stereocenters. The summed E-state index contributed by atoms with van der Waals surface area (Å²) < 4.78 is 4.85.